The lowest BCUT2D eigenvalue weighted by Crippen LogP contribution is -2.18. The molecule has 0 spiro atoms. The second-order valence-corrected chi connectivity index (χ2v) is 8.15. The molecule has 0 saturated heterocycles. The van der Waals surface area contributed by atoms with Gasteiger partial charge in [0.2, 0.25) is 0 Å². The summed E-state index contributed by atoms with van der Waals surface area (Å²) in [6.45, 7) is 12.8. The lowest BCUT2D eigenvalue weighted by atomic mass is 9.78. The van der Waals surface area contributed by atoms with Crippen molar-refractivity contribution in [2.45, 2.75) is 65.2 Å². The molecule has 2 rings (SSSR count). The molecule has 0 aliphatic rings. The molecule has 1 aromatic carbocycles. The maximum absolute atomic E-state index is 10.7. The highest BCUT2D eigenvalue weighted by molar-refractivity contribution is 5.50. The first-order valence-electron chi connectivity index (χ1n) is 8.09. The zero-order chi connectivity index (χ0) is 17.3. The first-order valence-corrected chi connectivity index (χ1v) is 8.09. The van der Waals surface area contributed by atoms with Crippen molar-refractivity contribution < 1.29 is 5.11 Å². The smallest absolute Gasteiger partial charge is 0.123 e. The normalized spacial score (nSPS) is 12.4. The van der Waals surface area contributed by atoms with Gasteiger partial charge in [0.05, 0.1) is 11.9 Å². The van der Waals surface area contributed by atoms with Gasteiger partial charge < -0.3 is 5.11 Å². The molecule has 1 aromatic heterocycles. The number of aromatic nitrogens is 3. The fourth-order valence-corrected chi connectivity index (χ4v) is 2.65. The van der Waals surface area contributed by atoms with Crippen LogP contribution in [0.5, 0.6) is 5.75 Å². The van der Waals surface area contributed by atoms with Crippen LogP contribution in [-0.4, -0.2) is 20.5 Å². The fourth-order valence-electron chi connectivity index (χ4n) is 2.65. The van der Waals surface area contributed by atoms with Gasteiger partial charge in [-0.25, -0.2) is 0 Å². The Kier molecular flexibility index (Phi) is 4.73. The zero-order valence-corrected chi connectivity index (χ0v) is 15.0. The van der Waals surface area contributed by atoms with Gasteiger partial charge in [-0.1, -0.05) is 53.7 Å². The number of phenolic OH excluding ortho intramolecular Hbond substituents is 1. The summed E-state index contributed by atoms with van der Waals surface area (Å²) in [6, 6.07) is 6.14. The first kappa shape index (κ1) is 17.4. The molecule has 1 heterocycles. The van der Waals surface area contributed by atoms with Crippen LogP contribution in [0.25, 0.3) is 0 Å². The number of hydrogen-bond acceptors (Lipinski definition) is 4. The Bertz CT molecular complexity index is 632. The summed E-state index contributed by atoms with van der Waals surface area (Å²) < 4.78 is 0. The lowest BCUT2D eigenvalue weighted by molar-refractivity contribution is 0.422. The van der Waals surface area contributed by atoms with Gasteiger partial charge in [0.1, 0.15) is 5.75 Å². The molecule has 0 aliphatic carbocycles. The molecule has 4 heteroatoms. The standard InChI is InChI=1S/C19H27N3O/c1-18(2,3)15-11-13(7-8-14-9-10-20-22-21-14)12-16(17(15)23)19(4,5)6/h9-12,23H,7-8H2,1-6H3. The summed E-state index contributed by atoms with van der Waals surface area (Å²) in [6.07, 6.45) is 3.35. The van der Waals surface area contributed by atoms with Crippen LogP contribution >= 0.6 is 0 Å². The summed E-state index contributed by atoms with van der Waals surface area (Å²) in [5.41, 5.74) is 3.95. The van der Waals surface area contributed by atoms with E-state index in [-0.39, 0.29) is 10.8 Å². The van der Waals surface area contributed by atoms with Gasteiger partial charge >= 0.3 is 0 Å². The third-order valence-electron chi connectivity index (χ3n) is 4.01. The van der Waals surface area contributed by atoms with E-state index in [2.05, 4.69) is 69.1 Å². The summed E-state index contributed by atoms with van der Waals surface area (Å²) in [5.74, 6) is 0.428. The van der Waals surface area contributed by atoms with E-state index in [0.29, 0.717) is 5.75 Å². The molecule has 0 bridgehead atoms. The van der Waals surface area contributed by atoms with E-state index in [0.717, 1.165) is 29.7 Å². The summed E-state index contributed by atoms with van der Waals surface area (Å²) in [7, 11) is 0. The number of aromatic hydroxyl groups is 1. The van der Waals surface area contributed by atoms with Crippen LogP contribution in [0.15, 0.2) is 24.4 Å². The van der Waals surface area contributed by atoms with E-state index in [1.54, 1.807) is 6.20 Å². The van der Waals surface area contributed by atoms with Crippen molar-refractivity contribution in [2.75, 3.05) is 0 Å². The molecule has 2 aromatic rings. The Balaban J connectivity index is 2.40. The van der Waals surface area contributed by atoms with Crippen molar-refractivity contribution >= 4 is 0 Å². The second kappa shape index (κ2) is 6.26. The molecule has 4 nitrogen and oxygen atoms in total. The minimum absolute atomic E-state index is 0.101. The predicted octanol–water partition coefficient (Wildman–Crippen LogP) is 3.96. The number of aryl methyl sites for hydroxylation is 2. The van der Waals surface area contributed by atoms with Gasteiger partial charge in [-0.2, -0.15) is 0 Å². The molecule has 0 atom stereocenters. The van der Waals surface area contributed by atoms with Crippen LogP contribution in [0.1, 0.15) is 63.9 Å². The largest absolute Gasteiger partial charge is 0.507 e. The Labute approximate surface area is 139 Å². The van der Waals surface area contributed by atoms with Crippen LogP contribution < -0.4 is 0 Å². The highest BCUT2D eigenvalue weighted by Gasteiger charge is 2.26. The molecule has 124 valence electrons. The molecule has 0 unspecified atom stereocenters. The molecule has 0 aliphatic heterocycles. The fraction of sp³-hybridized carbons (Fsp3) is 0.526. The van der Waals surface area contributed by atoms with Gasteiger partial charge in [-0.15, -0.1) is 10.2 Å². The lowest BCUT2D eigenvalue weighted by Gasteiger charge is -2.28. The van der Waals surface area contributed by atoms with Gasteiger partial charge in [-0.05, 0) is 51.6 Å². The predicted molar refractivity (Wildman–Crippen MR) is 92.7 cm³/mol. The van der Waals surface area contributed by atoms with Crippen LogP contribution in [-0.2, 0) is 23.7 Å². The average molecular weight is 313 g/mol. The molecular weight excluding hydrogens is 286 g/mol. The van der Waals surface area contributed by atoms with E-state index in [1.807, 2.05) is 6.07 Å². The van der Waals surface area contributed by atoms with Crippen molar-refractivity contribution in [1.29, 1.82) is 0 Å². The van der Waals surface area contributed by atoms with Crippen LogP contribution in [0.2, 0.25) is 0 Å². The highest BCUT2D eigenvalue weighted by Crippen LogP contribution is 2.39. The van der Waals surface area contributed by atoms with Crippen molar-refractivity contribution in [3.8, 4) is 5.75 Å². The van der Waals surface area contributed by atoms with E-state index >= 15 is 0 Å². The number of nitrogens with zero attached hydrogens (tertiary/aromatic N) is 3. The molecule has 0 saturated carbocycles. The summed E-state index contributed by atoms with van der Waals surface area (Å²) >= 11 is 0. The second-order valence-electron chi connectivity index (χ2n) is 8.15. The van der Waals surface area contributed by atoms with Crippen molar-refractivity contribution in [1.82, 2.24) is 15.4 Å². The third-order valence-corrected chi connectivity index (χ3v) is 4.01. The topological polar surface area (TPSA) is 58.9 Å². The minimum atomic E-state index is -0.101. The van der Waals surface area contributed by atoms with E-state index in [4.69, 9.17) is 0 Å². The number of rotatable bonds is 3. The van der Waals surface area contributed by atoms with Crippen molar-refractivity contribution in [3.05, 3.63) is 46.8 Å². The Morgan fingerprint density at radius 1 is 0.913 bits per heavy atom. The Morgan fingerprint density at radius 3 is 1.91 bits per heavy atom. The maximum Gasteiger partial charge on any atom is 0.123 e. The maximum atomic E-state index is 10.7. The van der Waals surface area contributed by atoms with Crippen molar-refractivity contribution in [3.63, 3.8) is 0 Å². The van der Waals surface area contributed by atoms with Crippen LogP contribution in [0.3, 0.4) is 0 Å². The monoisotopic (exact) mass is 313 g/mol. The van der Waals surface area contributed by atoms with E-state index in [1.165, 1.54) is 5.56 Å². The molecule has 23 heavy (non-hydrogen) atoms. The Morgan fingerprint density at radius 2 is 1.48 bits per heavy atom. The van der Waals surface area contributed by atoms with Crippen LogP contribution in [0.4, 0.5) is 0 Å². The van der Waals surface area contributed by atoms with E-state index < -0.39 is 0 Å². The Hall–Kier alpha value is -1.97. The quantitative estimate of drug-likeness (QED) is 0.932. The van der Waals surface area contributed by atoms with Crippen LogP contribution in [0, 0.1) is 0 Å². The van der Waals surface area contributed by atoms with E-state index in [9.17, 15) is 5.11 Å². The highest BCUT2D eigenvalue weighted by atomic mass is 16.3. The number of hydrogen-bond donors (Lipinski definition) is 1. The zero-order valence-electron chi connectivity index (χ0n) is 15.0. The van der Waals surface area contributed by atoms with Gasteiger partial charge in [0, 0.05) is 0 Å². The minimum Gasteiger partial charge on any atom is -0.507 e. The molecular formula is C19H27N3O. The number of benzene rings is 1. The SMILES string of the molecule is CC(C)(C)c1cc(CCc2ccnnn2)cc(C(C)(C)C)c1O. The van der Waals surface area contributed by atoms with Gasteiger partial charge in [0.25, 0.3) is 0 Å². The third kappa shape index (κ3) is 4.27. The number of phenols is 1. The summed E-state index contributed by atoms with van der Waals surface area (Å²) in [5, 5.41) is 22.2. The molecule has 0 radical (unpaired) electrons. The average Bonchev–Trinajstić information content (AvgIpc) is 2.44. The first-order chi connectivity index (χ1) is 10.6. The molecule has 1 N–H and O–H groups in total. The van der Waals surface area contributed by atoms with Crippen molar-refractivity contribution in [2.24, 2.45) is 0 Å². The molecule has 0 fully saturated rings. The van der Waals surface area contributed by atoms with Gasteiger partial charge in [-0.3, -0.25) is 0 Å². The van der Waals surface area contributed by atoms with Gasteiger partial charge in [0.15, 0.2) is 0 Å². The molecule has 0 amide bonds. The summed E-state index contributed by atoms with van der Waals surface area (Å²) in [4.78, 5) is 0.